The summed E-state index contributed by atoms with van der Waals surface area (Å²) in [5.74, 6) is 6.85. The Kier molecular flexibility index (Phi) is 7.59. The first-order valence-corrected chi connectivity index (χ1v) is 9.93. The number of hydrogen-bond donors (Lipinski definition) is 1. The minimum Gasteiger partial charge on any atom is -0.493 e. The maximum atomic E-state index is 12.4. The van der Waals surface area contributed by atoms with Gasteiger partial charge in [-0.1, -0.05) is 31.4 Å². The number of hydrogen-bond acceptors (Lipinski definition) is 4. The molecule has 2 aromatic heterocycles. The molecule has 0 saturated carbocycles. The van der Waals surface area contributed by atoms with Gasteiger partial charge in [0.15, 0.2) is 0 Å². The molecule has 0 radical (unpaired) electrons. The fourth-order valence-electron chi connectivity index (χ4n) is 2.76. The van der Waals surface area contributed by atoms with Crippen molar-refractivity contribution >= 4 is 16.9 Å². The second-order valence-electron chi connectivity index (χ2n) is 6.62. The topological polar surface area (TPSA) is 64.1 Å². The van der Waals surface area contributed by atoms with Gasteiger partial charge in [0, 0.05) is 25.6 Å². The number of carbonyl (C=O) groups excluding carboxylic acids is 1. The third kappa shape index (κ3) is 6.32. The number of ether oxygens (including phenoxy) is 1. The molecule has 0 unspecified atom stereocenters. The number of nitrogens with one attached hydrogen (secondary N) is 1. The van der Waals surface area contributed by atoms with Crippen LogP contribution in [0.5, 0.6) is 5.75 Å². The van der Waals surface area contributed by atoms with Crippen molar-refractivity contribution in [1.29, 1.82) is 0 Å². The Morgan fingerprint density at radius 3 is 2.86 bits per heavy atom. The van der Waals surface area contributed by atoms with E-state index in [1.807, 2.05) is 30.3 Å². The number of nitrogens with zero attached hydrogens (tertiary/aromatic N) is 2. The summed E-state index contributed by atoms with van der Waals surface area (Å²) in [4.78, 5) is 21.0. The second-order valence-corrected chi connectivity index (χ2v) is 6.62. The Balaban J connectivity index is 1.50. The van der Waals surface area contributed by atoms with Crippen LogP contribution in [0.25, 0.3) is 11.0 Å². The van der Waals surface area contributed by atoms with E-state index in [1.165, 1.54) is 6.42 Å². The van der Waals surface area contributed by atoms with Gasteiger partial charge in [0.05, 0.1) is 17.6 Å². The van der Waals surface area contributed by atoms with E-state index in [0.717, 1.165) is 29.7 Å². The van der Waals surface area contributed by atoms with Gasteiger partial charge in [-0.25, -0.2) is 4.98 Å². The molecule has 0 aliphatic rings. The number of amides is 1. The van der Waals surface area contributed by atoms with Crippen molar-refractivity contribution in [2.75, 3.05) is 6.61 Å². The average Bonchev–Trinajstić information content (AvgIpc) is 2.77. The van der Waals surface area contributed by atoms with Crippen LogP contribution in [0.2, 0.25) is 0 Å². The van der Waals surface area contributed by atoms with Crippen molar-refractivity contribution in [1.82, 2.24) is 15.3 Å². The lowest BCUT2D eigenvalue weighted by atomic mass is 10.2. The first-order chi connectivity index (χ1) is 14.3. The summed E-state index contributed by atoms with van der Waals surface area (Å²) in [5, 5.41) is 2.90. The van der Waals surface area contributed by atoms with Gasteiger partial charge in [0.1, 0.15) is 11.4 Å². The smallest absolute Gasteiger partial charge is 0.270 e. The van der Waals surface area contributed by atoms with Crippen LogP contribution < -0.4 is 10.1 Å². The number of fused-ring (bicyclic) bond motifs is 1. The molecule has 0 fully saturated rings. The first kappa shape index (κ1) is 20.3. The maximum absolute atomic E-state index is 12.4. The number of carbonyl (C=O) groups is 1. The van der Waals surface area contributed by atoms with Crippen molar-refractivity contribution in [3.05, 3.63) is 66.0 Å². The summed E-state index contributed by atoms with van der Waals surface area (Å²) in [6, 6.07) is 14.9. The van der Waals surface area contributed by atoms with Gasteiger partial charge in [-0.15, -0.1) is 5.92 Å². The molecule has 29 heavy (non-hydrogen) atoms. The summed E-state index contributed by atoms with van der Waals surface area (Å²) in [7, 11) is 0. The second kappa shape index (κ2) is 10.8. The molecule has 5 nitrogen and oxygen atoms in total. The van der Waals surface area contributed by atoms with Crippen molar-refractivity contribution in [2.24, 2.45) is 0 Å². The Labute approximate surface area is 171 Å². The van der Waals surface area contributed by atoms with E-state index in [9.17, 15) is 4.79 Å². The van der Waals surface area contributed by atoms with Crippen LogP contribution in [-0.4, -0.2) is 22.5 Å². The zero-order valence-electron chi connectivity index (χ0n) is 16.6. The first-order valence-electron chi connectivity index (χ1n) is 9.93. The highest BCUT2D eigenvalue weighted by molar-refractivity contribution is 5.94. The van der Waals surface area contributed by atoms with E-state index in [4.69, 9.17) is 4.74 Å². The molecule has 0 aliphatic carbocycles. The van der Waals surface area contributed by atoms with E-state index in [-0.39, 0.29) is 5.91 Å². The van der Waals surface area contributed by atoms with Gasteiger partial charge in [-0.2, -0.15) is 0 Å². The lowest BCUT2D eigenvalue weighted by Crippen LogP contribution is -2.23. The van der Waals surface area contributed by atoms with Gasteiger partial charge in [0.25, 0.3) is 5.91 Å². The third-order valence-electron chi connectivity index (χ3n) is 4.32. The van der Waals surface area contributed by atoms with E-state index >= 15 is 0 Å². The zero-order chi connectivity index (χ0) is 20.3. The minimum atomic E-state index is -0.218. The predicted molar refractivity (Wildman–Crippen MR) is 115 cm³/mol. The van der Waals surface area contributed by atoms with Crippen LogP contribution in [0.4, 0.5) is 0 Å². The quantitative estimate of drug-likeness (QED) is 0.456. The van der Waals surface area contributed by atoms with Gasteiger partial charge in [-0.3, -0.25) is 9.78 Å². The molecule has 148 valence electrons. The number of pyridine rings is 2. The lowest BCUT2D eigenvalue weighted by Gasteiger charge is -2.08. The van der Waals surface area contributed by atoms with Gasteiger partial charge < -0.3 is 10.1 Å². The molecule has 1 N–H and O–H groups in total. The van der Waals surface area contributed by atoms with Crippen molar-refractivity contribution in [3.8, 4) is 17.6 Å². The molecule has 3 aromatic rings. The molecule has 0 saturated heterocycles. The SMILES string of the molecule is CCCCC#CCCOc1cccc(CNC(=O)c2ccc3ncccc3n2)c1. The summed E-state index contributed by atoms with van der Waals surface area (Å²) in [5.41, 5.74) is 2.81. The lowest BCUT2D eigenvalue weighted by molar-refractivity contribution is 0.0946. The van der Waals surface area contributed by atoms with E-state index < -0.39 is 0 Å². The van der Waals surface area contributed by atoms with Crippen LogP contribution in [0.1, 0.15) is 48.7 Å². The van der Waals surface area contributed by atoms with Crippen LogP contribution in [0.3, 0.4) is 0 Å². The molecule has 5 heteroatoms. The standard InChI is InChI=1S/C24H25N3O2/c1-2-3-4-5-6-7-16-29-20-11-8-10-19(17-20)18-26-24(28)23-14-13-21-22(27-23)12-9-15-25-21/h8-15,17H,2-4,7,16,18H2,1H3,(H,26,28). The number of aromatic nitrogens is 2. The highest BCUT2D eigenvalue weighted by Crippen LogP contribution is 2.14. The largest absolute Gasteiger partial charge is 0.493 e. The predicted octanol–water partition coefficient (Wildman–Crippen LogP) is 4.52. The molecule has 0 aliphatic heterocycles. The van der Waals surface area contributed by atoms with E-state index in [0.29, 0.717) is 30.8 Å². The van der Waals surface area contributed by atoms with Crippen LogP contribution in [0.15, 0.2) is 54.7 Å². The Morgan fingerprint density at radius 2 is 1.97 bits per heavy atom. The Bertz CT molecular complexity index is 1020. The fourth-order valence-corrected chi connectivity index (χ4v) is 2.76. The maximum Gasteiger partial charge on any atom is 0.270 e. The third-order valence-corrected chi connectivity index (χ3v) is 4.32. The molecule has 3 rings (SSSR count). The fraction of sp³-hybridized carbons (Fsp3) is 0.292. The normalized spacial score (nSPS) is 10.2. The molecule has 0 atom stereocenters. The highest BCUT2D eigenvalue weighted by Gasteiger charge is 2.08. The number of benzene rings is 1. The Morgan fingerprint density at radius 1 is 1.07 bits per heavy atom. The van der Waals surface area contributed by atoms with Crippen molar-refractivity contribution < 1.29 is 9.53 Å². The van der Waals surface area contributed by atoms with Gasteiger partial charge >= 0.3 is 0 Å². The Hall–Kier alpha value is -3.39. The summed E-state index contributed by atoms with van der Waals surface area (Å²) in [6.45, 7) is 3.12. The average molecular weight is 387 g/mol. The zero-order valence-corrected chi connectivity index (χ0v) is 16.6. The van der Waals surface area contributed by atoms with Crippen LogP contribution >= 0.6 is 0 Å². The van der Waals surface area contributed by atoms with Crippen LogP contribution in [-0.2, 0) is 6.54 Å². The minimum absolute atomic E-state index is 0.218. The van der Waals surface area contributed by atoms with Gasteiger partial charge in [-0.05, 0) is 48.4 Å². The molecular weight excluding hydrogens is 362 g/mol. The molecule has 1 aromatic carbocycles. The number of rotatable bonds is 8. The molecule has 2 heterocycles. The summed E-state index contributed by atoms with van der Waals surface area (Å²) < 4.78 is 5.76. The summed E-state index contributed by atoms with van der Waals surface area (Å²) >= 11 is 0. The van der Waals surface area contributed by atoms with Crippen molar-refractivity contribution in [2.45, 2.75) is 39.2 Å². The van der Waals surface area contributed by atoms with E-state index in [2.05, 4.69) is 34.0 Å². The highest BCUT2D eigenvalue weighted by atomic mass is 16.5. The number of unbranched alkanes of at least 4 members (excludes halogenated alkanes) is 2. The molecule has 0 bridgehead atoms. The van der Waals surface area contributed by atoms with Crippen molar-refractivity contribution in [3.63, 3.8) is 0 Å². The van der Waals surface area contributed by atoms with Crippen LogP contribution in [0, 0.1) is 11.8 Å². The molecular formula is C24H25N3O2. The monoisotopic (exact) mass is 387 g/mol. The molecule has 0 spiro atoms. The van der Waals surface area contributed by atoms with Gasteiger partial charge in [0.2, 0.25) is 0 Å². The van der Waals surface area contributed by atoms with E-state index in [1.54, 1.807) is 24.4 Å². The summed E-state index contributed by atoms with van der Waals surface area (Å²) in [6.07, 6.45) is 5.69. The molecule has 1 amide bonds.